The molecule has 0 fully saturated rings. The second kappa shape index (κ2) is 6.84. The minimum atomic E-state index is 1.16. The number of aryl methyl sites for hydroxylation is 6. The van der Waals surface area contributed by atoms with Gasteiger partial charge in [-0.25, -0.2) is 0 Å². The molecule has 170 valence electrons. The molecule has 0 nitrogen and oxygen atoms in total. The van der Waals surface area contributed by atoms with Crippen molar-refractivity contribution in [3.8, 4) is 20.2 Å². The quantitative estimate of drug-likeness (QED) is 0.179. The maximum atomic E-state index is 2.54. The first-order valence-electron chi connectivity index (χ1n) is 12.2. The lowest BCUT2D eigenvalue weighted by molar-refractivity contribution is 0.960. The Morgan fingerprint density at radius 2 is 1.17 bits per heavy atom. The lowest BCUT2D eigenvalue weighted by atomic mass is 9.89. The minimum Gasteiger partial charge on any atom is -0.141 e. The fourth-order valence-electron chi connectivity index (χ4n) is 6.34. The molecule has 7 aromatic rings. The Morgan fingerprint density at radius 1 is 0.514 bits per heavy atom. The van der Waals surface area contributed by atoms with Gasteiger partial charge in [-0.3, -0.25) is 0 Å². The Hall–Kier alpha value is -2.02. The zero-order valence-electron chi connectivity index (χ0n) is 19.3. The Labute approximate surface area is 223 Å². The van der Waals surface area contributed by atoms with E-state index in [0.29, 0.717) is 0 Å². The van der Waals surface area contributed by atoms with E-state index in [1.165, 1.54) is 73.6 Å². The second-order valence-corrected chi connectivity index (χ2v) is 15.7. The summed E-state index contributed by atoms with van der Waals surface area (Å²) in [6.07, 6.45) is 4.70. The summed E-state index contributed by atoms with van der Waals surface area (Å²) in [7, 11) is 0. The highest BCUT2D eigenvalue weighted by Gasteiger charge is 2.28. The number of hydrogen-bond donors (Lipinski definition) is 0. The molecular weight excluding hydrogens is 521 g/mol. The normalized spacial score (nSPS) is 14.7. The molecule has 0 bridgehead atoms. The van der Waals surface area contributed by atoms with Crippen molar-refractivity contribution in [2.45, 2.75) is 39.5 Å². The molecular formula is C30H20S5. The molecule has 9 rings (SSSR count). The van der Waals surface area contributed by atoms with Gasteiger partial charge in [-0.05, 0) is 120 Å². The van der Waals surface area contributed by atoms with E-state index in [0.717, 1.165) is 12.8 Å². The highest BCUT2D eigenvalue weighted by atomic mass is 32.1. The molecule has 5 heterocycles. The van der Waals surface area contributed by atoms with Crippen molar-refractivity contribution in [3.05, 3.63) is 68.4 Å². The minimum absolute atomic E-state index is 1.16. The van der Waals surface area contributed by atoms with Crippen LogP contribution in [0.4, 0.5) is 0 Å². The number of hydrogen-bond acceptors (Lipinski definition) is 5. The van der Waals surface area contributed by atoms with Gasteiger partial charge in [-0.2, -0.15) is 0 Å². The maximum Gasteiger partial charge on any atom is 0.0498 e. The summed E-state index contributed by atoms with van der Waals surface area (Å²) < 4.78 is 7.44. The molecule has 0 amide bonds. The number of benzene rings is 2. The van der Waals surface area contributed by atoms with Gasteiger partial charge in [0.1, 0.15) is 0 Å². The topological polar surface area (TPSA) is 0 Å². The van der Waals surface area contributed by atoms with Gasteiger partial charge in [0.2, 0.25) is 0 Å². The zero-order valence-corrected chi connectivity index (χ0v) is 23.4. The van der Waals surface area contributed by atoms with Gasteiger partial charge in [0.05, 0.1) is 0 Å². The van der Waals surface area contributed by atoms with Crippen LogP contribution in [0.3, 0.4) is 0 Å². The molecule has 0 aliphatic heterocycles. The molecule has 2 aromatic carbocycles. The van der Waals surface area contributed by atoms with Crippen molar-refractivity contribution in [2.24, 2.45) is 0 Å². The van der Waals surface area contributed by atoms with Gasteiger partial charge < -0.3 is 0 Å². The fraction of sp³-hybridized carbons (Fsp3) is 0.200. The first kappa shape index (κ1) is 20.1. The summed E-state index contributed by atoms with van der Waals surface area (Å²) in [5, 5.41) is 4.44. The van der Waals surface area contributed by atoms with Crippen LogP contribution in [0.1, 0.15) is 32.0 Å². The van der Waals surface area contributed by atoms with Gasteiger partial charge >= 0.3 is 0 Å². The van der Waals surface area contributed by atoms with E-state index < -0.39 is 0 Å². The average molecular weight is 541 g/mol. The Bertz CT molecular complexity index is 2030. The van der Waals surface area contributed by atoms with E-state index in [2.05, 4.69) is 50.2 Å². The monoisotopic (exact) mass is 540 g/mol. The lowest BCUT2D eigenvalue weighted by Gasteiger charge is -2.16. The SMILES string of the molecule is Cc1cc2cc3c(cc2s1)-c1sc2cc4c5c(sc4cc2c1CC3)-c1sc2cc(C)sc2c1CC5. The highest BCUT2D eigenvalue weighted by Crippen LogP contribution is 2.53. The number of rotatable bonds is 0. The third-order valence-electron chi connectivity index (χ3n) is 7.87. The van der Waals surface area contributed by atoms with Crippen LogP contribution in [0.2, 0.25) is 0 Å². The van der Waals surface area contributed by atoms with Crippen molar-refractivity contribution in [2.75, 3.05) is 0 Å². The molecule has 0 atom stereocenters. The summed E-state index contributed by atoms with van der Waals surface area (Å²) in [4.78, 5) is 7.49. The van der Waals surface area contributed by atoms with Gasteiger partial charge in [-0.1, -0.05) is 0 Å². The van der Waals surface area contributed by atoms with E-state index in [1.54, 1.807) is 31.1 Å². The Kier molecular flexibility index (Phi) is 3.93. The van der Waals surface area contributed by atoms with Crippen LogP contribution in [0.5, 0.6) is 0 Å². The summed E-state index contributed by atoms with van der Waals surface area (Å²) in [6, 6.07) is 14.8. The Morgan fingerprint density at radius 3 is 2.03 bits per heavy atom. The fourth-order valence-corrected chi connectivity index (χ4v) is 12.7. The largest absolute Gasteiger partial charge is 0.141 e. The molecule has 5 heteroatoms. The van der Waals surface area contributed by atoms with Crippen LogP contribution >= 0.6 is 56.7 Å². The third-order valence-corrected chi connectivity index (χ3v) is 13.9. The van der Waals surface area contributed by atoms with Gasteiger partial charge in [-0.15, -0.1) is 56.7 Å². The van der Waals surface area contributed by atoms with E-state index >= 15 is 0 Å². The summed E-state index contributed by atoms with van der Waals surface area (Å²) in [5.41, 5.74) is 7.84. The molecule has 0 radical (unpaired) electrons. The van der Waals surface area contributed by atoms with Gasteiger partial charge in [0.25, 0.3) is 0 Å². The van der Waals surface area contributed by atoms with Crippen LogP contribution in [-0.2, 0) is 25.7 Å². The van der Waals surface area contributed by atoms with Crippen molar-refractivity contribution >= 4 is 96.3 Å². The summed E-state index contributed by atoms with van der Waals surface area (Å²) >= 11 is 10.0. The lowest BCUT2D eigenvalue weighted by Crippen LogP contribution is -2.01. The first-order valence-corrected chi connectivity index (χ1v) is 16.3. The zero-order chi connectivity index (χ0) is 23.0. The maximum absolute atomic E-state index is 2.54. The first-order chi connectivity index (χ1) is 17.1. The summed E-state index contributed by atoms with van der Waals surface area (Å²) in [6.45, 7) is 4.47. The molecule has 0 saturated carbocycles. The van der Waals surface area contributed by atoms with E-state index in [4.69, 9.17) is 0 Å². The summed E-state index contributed by atoms with van der Waals surface area (Å²) in [5.74, 6) is 0. The predicted octanol–water partition coefficient (Wildman–Crippen LogP) is 10.8. The van der Waals surface area contributed by atoms with E-state index in [1.807, 2.05) is 56.7 Å². The van der Waals surface area contributed by atoms with Crippen LogP contribution in [0.15, 0.2) is 36.4 Å². The highest BCUT2D eigenvalue weighted by molar-refractivity contribution is 7.32. The van der Waals surface area contributed by atoms with Gasteiger partial charge in [0, 0.05) is 47.9 Å². The average Bonchev–Trinajstić information content (AvgIpc) is 3.61. The molecule has 0 N–H and O–H groups in total. The van der Waals surface area contributed by atoms with Crippen LogP contribution in [0.25, 0.3) is 59.9 Å². The van der Waals surface area contributed by atoms with Crippen LogP contribution in [-0.4, -0.2) is 0 Å². The second-order valence-electron chi connectivity index (χ2n) is 10.0. The van der Waals surface area contributed by atoms with Crippen LogP contribution < -0.4 is 0 Å². The number of fused-ring (bicyclic) bond motifs is 13. The third kappa shape index (κ3) is 2.66. The van der Waals surface area contributed by atoms with Crippen molar-refractivity contribution in [1.29, 1.82) is 0 Å². The van der Waals surface area contributed by atoms with Crippen LogP contribution in [0, 0.1) is 13.8 Å². The molecule has 0 spiro atoms. The number of thiophene rings is 5. The van der Waals surface area contributed by atoms with Gasteiger partial charge in [0.15, 0.2) is 0 Å². The smallest absolute Gasteiger partial charge is 0.0498 e. The van der Waals surface area contributed by atoms with E-state index in [-0.39, 0.29) is 0 Å². The molecule has 2 aliphatic rings. The van der Waals surface area contributed by atoms with Crippen molar-refractivity contribution < 1.29 is 0 Å². The predicted molar refractivity (Wildman–Crippen MR) is 161 cm³/mol. The van der Waals surface area contributed by atoms with Crippen molar-refractivity contribution in [3.63, 3.8) is 0 Å². The molecule has 5 aromatic heterocycles. The molecule has 2 aliphatic carbocycles. The standard InChI is InChI=1S/C30H20S5/c1-13-7-16-9-15-3-4-17-21-11-25-22(12-24(21)33-27(17)20(15)10-23(16)31-13)18-5-6-19-28-26(8-14(2)32-28)35-30(19)29(18)34-25/h7-12H,3-6H2,1-2H3. The molecule has 0 saturated heterocycles. The molecule has 35 heavy (non-hydrogen) atoms. The Balaban J connectivity index is 1.26. The van der Waals surface area contributed by atoms with Crippen molar-refractivity contribution in [1.82, 2.24) is 0 Å². The van der Waals surface area contributed by atoms with E-state index in [9.17, 15) is 0 Å². The molecule has 0 unspecified atom stereocenters.